The second-order valence-electron chi connectivity index (χ2n) is 6.88. The molecule has 9 heteroatoms. The maximum absolute atomic E-state index is 14.4. The zero-order valence-electron chi connectivity index (χ0n) is 15.6. The molecular formula is C20H17FN4O2S2. The summed E-state index contributed by atoms with van der Waals surface area (Å²) in [5.74, 6) is 0.0544. The molecule has 0 spiro atoms. The van der Waals surface area contributed by atoms with Crippen molar-refractivity contribution in [1.29, 1.82) is 0 Å². The highest BCUT2D eigenvalue weighted by atomic mass is 32.1. The minimum absolute atomic E-state index is 0.0974. The summed E-state index contributed by atoms with van der Waals surface area (Å²) in [6.45, 7) is 1.24. The van der Waals surface area contributed by atoms with Crippen molar-refractivity contribution in [2.24, 2.45) is 0 Å². The Kier molecular flexibility index (Phi) is 4.45. The zero-order chi connectivity index (χ0) is 20.1. The van der Waals surface area contributed by atoms with E-state index in [1.807, 2.05) is 11.0 Å². The van der Waals surface area contributed by atoms with E-state index >= 15 is 0 Å². The van der Waals surface area contributed by atoms with Gasteiger partial charge in [0, 0.05) is 34.2 Å². The minimum Gasteiger partial charge on any atom is -0.383 e. The standard InChI is InChI=1S/C20H17FN4O2S2/c1-27-8-11-15-12(21)3-2-4-13(15)28-17(11)20(26)25-6-5-10-14(7-25)29-19-16(10)18(22)23-9-24-19/h2-4,9H,5-8H2,1H3,(H2,22,23,24). The normalized spacial score (nSPS) is 13.9. The van der Waals surface area contributed by atoms with Crippen LogP contribution >= 0.6 is 22.7 Å². The molecule has 4 heterocycles. The molecule has 1 aromatic carbocycles. The topological polar surface area (TPSA) is 81.3 Å². The summed E-state index contributed by atoms with van der Waals surface area (Å²) in [6.07, 6.45) is 2.16. The highest BCUT2D eigenvalue weighted by Gasteiger charge is 2.29. The summed E-state index contributed by atoms with van der Waals surface area (Å²) in [6, 6.07) is 4.91. The van der Waals surface area contributed by atoms with Crippen molar-refractivity contribution in [1.82, 2.24) is 14.9 Å². The number of carbonyl (C=O) groups excluding carboxylic acids is 1. The Balaban J connectivity index is 1.54. The number of hydrogen-bond acceptors (Lipinski definition) is 7. The number of thiophene rings is 2. The van der Waals surface area contributed by atoms with Crippen molar-refractivity contribution in [3.8, 4) is 0 Å². The number of methoxy groups -OCH3 is 1. The van der Waals surface area contributed by atoms with Crippen molar-refractivity contribution in [3.63, 3.8) is 0 Å². The molecule has 0 saturated carbocycles. The van der Waals surface area contributed by atoms with Gasteiger partial charge in [-0.25, -0.2) is 14.4 Å². The first kappa shape index (κ1) is 18.4. The number of aromatic nitrogens is 2. The molecule has 3 aromatic heterocycles. The zero-order valence-corrected chi connectivity index (χ0v) is 17.2. The molecule has 0 atom stereocenters. The second-order valence-corrected chi connectivity index (χ2v) is 9.01. The lowest BCUT2D eigenvalue weighted by Crippen LogP contribution is -2.35. The van der Waals surface area contributed by atoms with Crippen LogP contribution < -0.4 is 5.73 Å². The minimum atomic E-state index is -0.329. The molecule has 6 nitrogen and oxygen atoms in total. The van der Waals surface area contributed by atoms with E-state index in [0.29, 0.717) is 41.2 Å². The molecule has 2 N–H and O–H groups in total. The second kappa shape index (κ2) is 7.01. The lowest BCUT2D eigenvalue weighted by atomic mass is 10.0. The van der Waals surface area contributed by atoms with E-state index in [9.17, 15) is 9.18 Å². The van der Waals surface area contributed by atoms with Crippen LogP contribution in [0.5, 0.6) is 0 Å². The fraction of sp³-hybridized carbons (Fsp3) is 0.250. The summed E-state index contributed by atoms with van der Waals surface area (Å²) in [5, 5.41) is 1.38. The van der Waals surface area contributed by atoms with Crippen LogP contribution in [0.25, 0.3) is 20.3 Å². The molecule has 1 aliphatic heterocycles. The average molecular weight is 429 g/mol. The molecule has 0 saturated heterocycles. The van der Waals surface area contributed by atoms with Crippen LogP contribution in [0, 0.1) is 5.82 Å². The Bertz CT molecular complexity index is 1270. The van der Waals surface area contributed by atoms with Gasteiger partial charge >= 0.3 is 0 Å². The van der Waals surface area contributed by atoms with E-state index in [1.54, 1.807) is 24.5 Å². The Morgan fingerprint density at radius 3 is 3.00 bits per heavy atom. The first-order valence-corrected chi connectivity index (χ1v) is 10.7. The number of hydrogen-bond donors (Lipinski definition) is 1. The quantitative estimate of drug-likeness (QED) is 0.534. The van der Waals surface area contributed by atoms with Gasteiger partial charge < -0.3 is 15.4 Å². The van der Waals surface area contributed by atoms with E-state index in [4.69, 9.17) is 10.5 Å². The summed E-state index contributed by atoms with van der Waals surface area (Å²) < 4.78 is 20.5. The van der Waals surface area contributed by atoms with Crippen molar-refractivity contribution < 1.29 is 13.9 Å². The summed E-state index contributed by atoms with van der Waals surface area (Å²) >= 11 is 2.86. The maximum Gasteiger partial charge on any atom is 0.264 e. The van der Waals surface area contributed by atoms with Gasteiger partial charge in [0.25, 0.3) is 5.91 Å². The maximum atomic E-state index is 14.4. The Morgan fingerprint density at radius 1 is 1.31 bits per heavy atom. The van der Waals surface area contributed by atoms with Crippen LogP contribution in [0.3, 0.4) is 0 Å². The van der Waals surface area contributed by atoms with Gasteiger partial charge in [0.1, 0.15) is 22.8 Å². The molecule has 4 aromatic rings. The van der Waals surface area contributed by atoms with Gasteiger partial charge in [0.15, 0.2) is 0 Å². The average Bonchev–Trinajstić information content (AvgIpc) is 3.27. The van der Waals surface area contributed by atoms with Crippen LogP contribution in [0.1, 0.15) is 25.7 Å². The molecule has 0 bridgehead atoms. The van der Waals surface area contributed by atoms with E-state index in [1.165, 1.54) is 23.7 Å². The van der Waals surface area contributed by atoms with E-state index in [2.05, 4.69) is 9.97 Å². The molecule has 5 rings (SSSR count). The predicted octanol–water partition coefficient (Wildman–Crippen LogP) is 3.97. The third-order valence-corrected chi connectivity index (χ3v) is 7.51. The monoisotopic (exact) mass is 428 g/mol. The number of rotatable bonds is 3. The first-order valence-electron chi connectivity index (χ1n) is 9.07. The van der Waals surface area contributed by atoms with Crippen molar-refractivity contribution >= 4 is 54.7 Å². The molecule has 0 aliphatic carbocycles. The van der Waals surface area contributed by atoms with Crippen molar-refractivity contribution in [2.45, 2.75) is 19.6 Å². The molecular weight excluding hydrogens is 411 g/mol. The number of nitrogens with two attached hydrogens (primary N) is 1. The van der Waals surface area contributed by atoms with Gasteiger partial charge in [-0.2, -0.15) is 0 Å². The van der Waals surface area contributed by atoms with Gasteiger partial charge in [0.05, 0.1) is 23.4 Å². The highest BCUT2D eigenvalue weighted by Crippen LogP contribution is 2.38. The van der Waals surface area contributed by atoms with Gasteiger partial charge in [-0.15, -0.1) is 22.7 Å². The van der Waals surface area contributed by atoms with E-state index in [-0.39, 0.29) is 18.3 Å². The van der Waals surface area contributed by atoms with E-state index in [0.717, 1.165) is 25.4 Å². The number of carbonyl (C=O) groups is 1. The van der Waals surface area contributed by atoms with E-state index < -0.39 is 0 Å². The number of amides is 1. The third-order valence-electron chi connectivity index (χ3n) is 5.20. The molecule has 29 heavy (non-hydrogen) atoms. The molecule has 0 radical (unpaired) electrons. The number of halogens is 1. The first-order chi connectivity index (χ1) is 14.1. The van der Waals surface area contributed by atoms with Crippen LogP contribution in [-0.2, 0) is 24.3 Å². The van der Waals surface area contributed by atoms with Crippen LogP contribution in [0.15, 0.2) is 24.5 Å². The van der Waals surface area contributed by atoms with Gasteiger partial charge in [0.2, 0.25) is 0 Å². The fourth-order valence-corrected chi connectivity index (χ4v) is 6.29. The van der Waals surface area contributed by atoms with Crippen LogP contribution in [-0.4, -0.2) is 34.4 Å². The third kappa shape index (κ3) is 2.88. The Hall–Kier alpha value is -2.62. The van der Waals surface area contributed by atoms with Gasteiger partial charge in [-0.1, -0.05) is 6.07 Å². The summed E-state index contributed by atoms with van der Waals surface area (Å²) in [4.78, 5) is 26.1. The van der Waals surface area contributed by atoms with Crippen molar-refractivity contribution in [2.75, 3.05) is 19.4 Å². The SMILES string of the molecule is COCc1c(C(=O)N2CCc3c(sc4ncnc(N)c34)C2)sc2cccc(F)c12. The number of fused-ring (bicyclic) bond motifs is 4. The lowest BCUT2D eigenvalue weighted by Gasteiger charge is -2.27. The number of ether oxygens (including phenoxy) is 1. The lowest BCUT2D eigenvalue weighted by molar-refractivity contribution is 0.0738. The van der Waals surface area contributed by atoms with Crippen LogP contribution in [0.4, 0.5) is 10.2 Å². The number of benzene rings is 1. The molecule has 148 valence electrons. The van der Waals surface area contributed by atoms with Crippen LogP contribution in [0.2, 0.25) is 0 Å². The van der Waals surface area contributed by atoms with Gasteiger partial charge in [-0.05, 0) is 24.1 Å². The number of nitrogen functional groups attached to an aromatic ring is 1. The predicted molar refractivity (Wildman–Crippen MR) is 113 cm³/mol. The molecule has 1 aliphatic rings. The van der Waals surface area contributed by atoms with Gasteiger partial charge in [-0.3, -0.25) is 4.79 Å². The van der Waals surface area contributed by atoms with Crippen molar-refractivity contribution in [3.05, 3.63) is 51.2 Å². The molecule has 0 fully saturated rings. The largest absolute Gasteiger partial charge is 0.383 e. The number of anilines is 1. The highest BCUT2D eigenvalue weighted by molar-refractivity contribution is 7.21. The number of nitrogens with zero attached hydrogens (tertiary/aromatic N) is 3. The Labute approximate surface area is 173 Å². The summed E-state index contributed by atoms with van der Waals surface area (Å²) in [5.41, 5.74) is 7.80. The molecule has 0 unspecified atom stereocenters. The Morgan fingerprint density at radius 2 is 2.17 bits per heavy atom. The molecule has 1 amide bonds. The summed E-state index contributed by atoms with van der Waals surface area (Å²) in [7, 11) is 1.55. The fourth-order valence-electron chi connectivity index (χ4n) is 3.89. The smallest absolute Gasteiger partial charge is 0.264 e.